The second-order valence-corrected chi connectivity index (χ2v) is 15.9. The summed E-state index contributed by atoms with van der Waals surface area (Å²) in [5.41, 5.74) is -1.84. The Labute approximate surface area is 258 Å². The Bertz CT molecular complexity index is 1160. The van der Waals surface area contributed by atoms with Gasteiger partial charge in [0, 0.05) is 24.5 Å². The second-order valence-electron chi connectivity index (χ2n) is 14.5. The van der Waals surface area contributed by atoms with Crippen LogP contribution in [0.5, 0.6) is 5.88 Å². The highest BCUT2D eigenvalue weighted by atomic mass is 32.2. The van der Waals surface area contributed by atoms with Crippen molar-refractivity contribution < 1.29 is 33.5 Å². The van der Waals surface area contributed by atoms with E-state index in [1.54, 1.807) is 25.6 Å². The fraction of sp³-hybridized carbons (Fsp3) is 0.812. The summed E-state index contributed by atoms with van der Waals surface area (Å²) in [6, 6.07) is 0.188. The first-order chi connectivity index (χ1) is 20.6. The molecule has 10 nitrogen and oxygen atoms in total. The van der Waals surface area contributed by atoms with Crippen LogP contribution in [0, 0.1) is 29.1 Å². The Kier molecular flexibility index (Phi) is 9.02. The highest BCUT2D eigenvalue weighted by molar-refractivity contribution is 8.00. The van der Waals surface area contributed by atoms with Gasteiger partial charge in [-0.1, -0.05) is 19.3 Å². The maximum atomic E-state index is 13.7. The van der Waals surface area contributed by atoms with Crippen LogP contribution in [0.1, 0.15) is 108 Å². The molecule has 1 saturated heterocycles. The molecule has 238 valence electrons. The minimum absolute atomic E-state index is 0.000145. The number of rotatable bonds is 11. The quantitative estimate of drug-likeness (QED) is 0.306. The third-order valence-electron chi connectivity index (χ3n) is 10.7. The van der Waals surface area contributed by atoms with Gasteiger partial charge in [-0.05, 0) is 100 Å². The van der Waals surface area contributed by atoms with Gasteiger partial charge in [-0.3, -0.25) is 14.4 Å². The Morgan fingerprint density at radius 3 is 2.30 bits per heavy atom. The average molecular weight is 618 g/mol. The van der Waals surface area contributed by atoms with E-state index >= 15 is 0 Å². The number of carboxylic acids is 1. The number of carbonyl (C=O) groups is 3. The first-order valence-electron chi connectivity index (χ1n) is 16.3. The van der Waals surface area contributed by atoms with Gasteiger partial charge in [-0.25, -0.2) is 0 Å². The average Bonchev–Trinajstić information content (AvgIpc) is 3.36. The smallest absolute Gasteiger partial charge is 0.305 e. The van der Waals surface area contributed by atoms with Crippen molar-refractivity contribution in [2.45, 2.75) is 119 Å². The molecule has 0 radical (unpaired) electrons. The van der Waals surface area contributed by atoms with Gasteiger partial charge in [-0.2, -0.15) is 0 Å². The molecule has 0 atom stereocenters. The van der Waals surface area contributed by atoms with E-state index in [1.807, 2.05) is 0 Å². The number of nitrogens with one attached hydrogen (secondary N) is 2. The number of hydrogen-bond acceptors (Lipinski definition) is 8. The molecule has 0 spiro atoms. The fourth-order valence-corrected chi connectivity index (χ4v) is 9.79. The van der Waals surface area contributed by atoms with Crippen LogP contribution < -0.4 is 15.4 Å². The molecule has 1 aromatic rings. The molecular weight excluding hydrogens is 570 g/mol. The topological polar surface area (TPSA) is 140 Å². The van der Waals surface area contributed by atoms with E-state index in [-0.39, 0.29) is 42.5 Å². The van der Waals surface area contributed by atoms with Gasteiger partial charge in [0.05, 0.1) is 17.4 Å². The number of carbonyl (C=O) groups excluding carboxylic acids is 2. The van der Waals surface area contributed by atoms with Crippen LogP contribution in [0.25, 0.3) is 0 Å². The van der Waals surface area contributed by atoms with Crippen molar-refractivity contribution in [3.63, 3.8) is 0 Å². The lowest BCUT2D eigenvalue weighted by atomic mass is 9.54. The van der Waals surface area contributed by atoms with Crippen molar-refractivity contribution in [3.05, 3.63) is 5.76 Å². The Morgan fingerprint density at radius 1 is 1.02 bits per heavy atom. The van der Waals surface area contributed by atoms with Gasteiger partial charge >= 0.3 is 5.97 Å². The molecule has 11 heteroatoms. The molecule has 3 N–H and O–H groups in total. The summed E-state index contributed by atoms with van der Waals surface area (Å²) >= 11 is 1.62. The van der Waals surface area contributed by atoms with E-state index in [9.17, 15) is 19.5 Å². The van der Waals surface area contributed by atoms with E-state index < -0.39 is 16.9 Å². The fourth-order valence-electron chi connectivity index (χ4n) is 8.46. The largest absolute Gasteiger partial charge is 0.481 e. The third kappa shape index (κ3) is 6.87. The first kappa shape index (κ1) is 30.7. The van der Waals surface area contributed by atoms with Gasteiger partial charge in [0.1, 0.15) is 11.5 Å². The highest BCUT2D eigenvalue weighted by Crippen LogP contribution is 2.54. The molecule has 6 fully saturated rings. The number of thioether (sulfide) groups is 1. The standard InChI is InChI=1S/C32H47N3O7S/c1-31(2,30(39)34-32(17-24(36)37)8-10-40-11-9-32)18-41-29-27(43-23-6-4-3-5-7-23)26(42-35-29)28(38)33-25-21-13-19-12-20(15-21)16-22(25)14-19/h19-23,25H,3-18H2,1-2H3,(H,33,38)(H,34,39)(H,36,37). The molecule has 0 aromatic carbocycles. The van der Waals surface area contributed by atoms with Crippen molar-refractivity contribution in [2.24, 2.45) is 29.1 Å². The van der Waals surface area contributed by atoms with E-state index in [1.165, 1.54) is 38.5 Å². The van der Waals surface area contributed by atoms with E-state index in [0.29, 0.717) is 48.0 Å². The number of carboxylic acid groups (broad SMARTS) is 1. The Balaban J connectivity index is 1.15. The summed E-state index contributed by atoms with van der Waals surface area (Å²) in [5.74, 6) is 1.74. The van der Waals surface area contributed by atoms with Gasteiger partial charge < -0.3 is 29.7 Å². The second kappa shape index (κ2) is 12.6. The molecule has 5 saturated carbocycles. The summed E-state index contributed by atoms with van der Waals surface area (Å²) in [6.07, 6.45) is 12.6. The Morgan fingerprint density at radius 2 is 1.67 bits per heavy atom. The number of aliphatic carboxylic acids is 1. The number of amides is 2. The summed E-state index contributed by atoms with van der Waals surface area (Å²) in [4.78, 5) is 39.4. The maximum absolute atomic E-state index is 13.7. The van der Waals surface area contributed by atoms with Gasteiger partial charge in [0.25, 0.3) is 11.8 Å². The summed E-state index contributed by atoms with van der Waals surface area (Å²) in [7, 11) is 0. The van der Waals surface area contributed by atoms with E-state index in [0.717, 1.165) is 37.5 Å². The van der Waals surface area contributed by atoms with Gasteiger partial charge in [-0.15, -0.1) is 11.8 Å². The summed E-state index contributed by atoms with van der Waals surface area (Å²) < 4.78 is 17.3. The molecule has 4 bridgehead atoms. The predicted molar refractivity (Wildman–Crippen MR) is 160 cm³/mol. The number of ether oxygens (including phenoxy) is 2. The zero-order chi connectivity index (χ0) is 30.2. The van der Waals surface area contributed by atoms with Crippen molar-refractivity contribution >= 4 is 29.5 Å². The number of hydrogen-bond donors (Lipinski definition) is 3. The number of aromatic nitrogens is 1. The lowest BCUT2D eigenvalue weighted by Gasteiger charge is -2.54. The van der Waals surface area contributed by atoms with Crippen LogP contribution in [-0.4, -0.2) is 64.7 Å². The summed E-state index contributed by atoms with van der Waals surface area (Å²) in [5, 5.41) is 20.5. The lowest BCUT2D eigenvalue weighted by Crippen LogP contribution is -2.57. The molecular formula is C32H47N3O7S. The van der Waals surface area contributed by atoms with E-state index in [4.69, 9.17) is 14.0 Å². The Hall–Kier alpha value is -2.27. The van der Waals surface area contributed by atoms with Crippen molar-refractivity contribution in [2.75, 3.05) is 19.8 Å². The molecule has 6 aliphatic rings. The van der Waals surface area contributed by atoms with Crippen LogP contribution >= 0.6 is 11.8 Å². The molecule has 7 rings (SSSR count). The normalized spacial score (nSPS) is 30.1. The minimum Gasteiger partial charge on any atom is -0.481 e. The SMILES string of the molecule is CC(C)(COc1noc(C(=O)NC2C3CC4CC(C3)CC2C4)c1SC1CCCCC1)C(=O)NC1(CC(=O)O)CCOCC1. The van der Waals surface area contributed by atoms with Crippen LogP contribution in [-0.2, 0) is 14.3 Å². The van der Waals surface area contributed by atoms with Crippen LogP contribution in [0.4, 0.5) is 0 Å². The predicted octanol–water partition coefficient (Wildman–Crippen LogP) is 5.20. The van der Waals surface area contributed by atoms with Gasteiger partial charge in [0.15, 0.2) is 0 Å². The van der Waals surface area contributed by atoms with Crippen molar-refractivity contribution in [1.29, 1.82) is 0 Å². The summed E-state index contributed by atoms with van der Waals surface area (Å²) in [6.45, 7) is 4.34. The van der Waals surface area contributed by atoms with Crippen LogP contribution in [0.2, 0.25) is 0 Å². The van der Waals surface area contributed by atoms with Crippen molar-refractivity contribution in [3.8, 4) is 5.88 Å². The maximum Gasteiger partial charge on any atom is 0.305 e. The van der Waals surface area contributed by atoms with Crippen LogP contribution in [0.3, 0.4) is 0 Å². The molecule has 2 heterocycles. The molecule has 0 unspecified atom stereocenters. The van der Waals surface area contributed by atoms with Crippen molar-refractivity contribution in [1.82, 2.24) is 15.8 Å². The van der Waals surface area contributed by atoms with Crippen LogP contribution in [0.15, 0.2) is 9.42 Å². The monoisotopic (exact) mass is 617 g/mol. The molecule has 5 aliphatic carbocycles. The number of nitrogens with zero attached hydrogens (tertiary/aromatic N) is 1. The highest BCUT2D eigenvalue weighted by Gasteiger charge is 2.49. The first-order valence-corrected chi connectivity index (χ1v) is 17.2. The molecule has 43 heavy (non-hydrogen) atoms. The van der Waals surface area contributed by atoms with Gasteiger partial charge in [0.2, 0.25) is 11.7 Å². The zero-order valence-corrected chi connectivity index (χ0v) is 26.3. The molecule has 2 amide bonds. The minimum atomic E-state index is -0.988. The lowest BCUT2D eigenvalue weighted by molar-refractivity contribution is -0.142. The zero-order valence-electron chi connectivity index (χ0n) is 25.5. The molecule has 1 aromatic heterocycles. The molecule has 1 aliphatic heterocycles. The van der Waals surface area contributed by atoms with E-state index in [2.05, 4.69) is 15.8 Å². The third-order valence-corrected chi connectivity index (χ3v) is 12.1.